The molecule has 1 aromatic rings. The number of rotatable bonds is 5. The van der Waals surface area contributed by atoms with Crippen molar-refractivity contribution in [2.45, 2.75) is 5.51 Å². The van der Waals surface area contributed by atoms with Crippen molar-refractivity contribution < 1.29 is 45.3 Å². The number of nitro groups is 1. The molecule has 1 aromatic carbocycles. The summed E-state index contributed by atoms with van der Waals surface area (Å²) in [5.41, 5.74) is -7.52. The van der Waals surface area contributed by atoms with Gasteiger partial charge in [-0.2, -0.15) is 21.6 Å². The third-order valence-electron chi connectivity index (χ3n) is 2.09. The van der Waals surface area contributed by atoms with Crippen LogP contribution < -0.4 is 4.89 Å². The number of methoxy groups -OCH3 is 1. The normalized spacial score (nSPS) is 11.8. The van der Waals surface area contributed by atoms with Gasteiger partial charge in [0.1, 0.15) is 5.56 Å². The highest BCUT2D eigenvalue weighted by atomic mass is 32.2. The zero-order valence-electron chi connectivity index (χ0n) is 10.5. The SMILES string of the molecule is COC(=O)c1cccc([N+](=O)[O-])c1OOS(=O)(=O)C(F)(F)F. The number of carbonyl (C=O) groups excluding carboxylic acids is 1. The fourth-order valence-electron chi connectivity index (χ4n) is 1.14. The Kier molecular flexibility index (Phi) is 4.93. The molecule has 0 aliphatic rings. The van der Waals surface area contributed by atoms with Gasteiger partial charge in [0.05, 0.1) is 12.0 Å². The van der Waals surface area contributed by atoms with E-state index in [-0.39, 0.29) is 0 Å². The molecule has 0 atom stereocenters. The first-order valence-electron chi connectivity index (χ1n) is 5.04. The number of esters is 1. The molecular weight excluding hydrogens is 339 g/mol. The number of hydrogen-bond acceptors (Lipinski definition) is 8. The maximum atomic E-state index is 12.1. The van der Waals surface area contributed by atoms with E-state index in [2.05, 4.69) is 14.0 Å². The summed E-state index contributed by atoms with van der Waals surface area (Å²) in [4.78, 5) is 24.9. The van der Waals surface area contributed by atoms with Gasteiger partial charge in [0.25, 0.3) is 5.75 Å². The minimum Gasteiger partial charge on any atom is -0.465 e. The van der Waals surface area contributed by atoms with Crippen LogP contribution in [0.3, 0.4) is 0 Å². The molecule has 0 bridgehead atoms. The Labute approximate surface area is 120 Å². The predicted octanol–water partition coefficient (Wildman–Crippen LogP) is 1.54. The van der Waals surface area contributed by atoms with Crippen molar-refractivity contribution in [2.75, 3.05) is 7.11 Å². The highest BCUT2D eigenvalue weighted by molar-refractivity contribution is 7.87. The van der Waals surface area contributed by atoms with Crippen LogP contribution in [0.4, 0.5) is 18.9 Å². The largest absolute Gasteiger partial charge is 0.526 e. The van der Waals surface area contributed by atoms with Crippen molar-refractivity contribution in [3.63, 3.8) is 0 Å². The summed E-state index contributed by atoms with van der Waals surface area (Å²) in [6, 6.07) is 2.67. The Morgan fingerprint density at radius 3 is 2.36 bits per heavy atom. The van der Waals surface area contributed by atoms with E-state index in [1.165, 1.54) is 0 Å². The number of benzene rings is 1. The van der Waals surface area contributed by atoms with Gasteiger partial charge in [0.15, 0.2) is 0 Å². The second-order valence-corrected chi connectivity index (χ2v) is 4.96. The lowest BCUT2D eigenvalue weighted by molar-refractivity contribution is -0.387. The number of alkyl halides is 3. The van der Waals surface area contributed by atoms with E-state index >= 15 is 0 Å². The number of para-hydroxylation sites is 1. The summed E-state index contributed by atoms with van der Waals surface area (Å²) in [5, 5.41) is 10.8. The number of nitro benzene ring substituents is 1. The quantitative estimate of drug-likeness (QED) is 0.259. The van der Waals surface area contributed by atoms with Crippen LogP contribution in [0.5, 0.6) is 5.75 Å². The molecule has 13 heteroatoms. The van der Waals surface area contributed by atoms with E-state index in [9.17, 15) is 36.5 Å². The molecule has 1 rings (SSSR count). The van der Waals surface area contributed by atoms with Gasteiger partial charge >= 0.3 is 27.3 Å². The minimum atomic E-state index is -6.18. The lowest BCUT2D eigenvalue weighted by Gasteiger charge is -2.10. The van der Waals surface area contributed by atoms with E-state index in [1.807, 2.05) is 0 Å². The minimum absolute atomic E-state index is 0.700. The molecule has 0 aliphatic carbocycles. The van der Waals surface area contributed by atoms with Gasteiger partial charge in [0, 0.05) is 6.07 Å². The molecule has 0 N–H and O–H groups in total. The lowest BCUT2D eigenvalue weighted by Crippen LogP contribution is -2.27. The predicted molar refractivity (Wildman–Crippen MR) is 61.1 cm³/mol. The van der Waals surface area contributed by atoms with Crippen molar-refractivity contribution in [2.24, 2.45) is 0 Å². The number of hydrogen-bond donors (Lipinski definition) is 0. The number of halogens is 3. The van der Waals surface area contributed by atoms with Crippen molar-refractivity contribution >= 4 is 21.8 Å². The van der Waals surface area contributed by atoms with E-state index < -0.39 is 43.5 Å². The van der Waals surface area contributed by atoms with Crippen LogP contribution in [0.2, 0.25) is 0 Å². The second kappa shape index (κ2) is 6.15. The molecule has 0 fully saturated rings. The Morgan fingerprint density at radius 1 is 1.32 bits per heavy atom. The fraction of sp³-hybridized carbons (Fsp3) is 0.222. The van der Waals surface area contributed by atoms with E-state index in [1.54, 1.807) is 0 Å². The van der Waals surface area contributed by atoms with Crippen LogP contribution in [0, 0.1) is 10.1 Å². The highest BCUT2D eigenvalue weighted by Crippen LogP contribution is 2.33. The number of ether oxygens (including phenoxy) is 1. The first-order chi connectivity index (χ1) is 10.0. The summed E-state index contributed by atoms with van der Waals surface area (Å²) in [6.07, 6.45) is 0. The van der Waals surface area contributed by atoms with Crippen LogP contribution >= 0.6 is 0 Å². The number of carbonyl (C=O) groups is 1. The summed E-state index contributed by atoms with van der Waals surface area (Å²) < 4.78 is 65.2. The van der Waals surface area contributed by atoms with Crippen LogP contribution in [0.1, 0.15) is 10.4 Å². The smallest absolute Gasteiger partial charge is 0.465 e. The molecule has 0 aromatic heterocycles. The highest BCUT2D eigenvalue weighted by Gasteiger charge is 2.49. The molecule has 0 saturated heterocycles. The van der Waals surface area contributed by atoms with Crippen molar-refractivity contribution in [3.05, 3.63) is 33.9 Å². The van der Waals surface area contributed by atoms with Crippen LogP contribution in [-0.2, 0) is 19.2 Å². The summed E-state index contributed by atoms with van der Waals surface area (Å²) in [6.45, 7) is 0. The fourth-order valence-corrected chi connectivity index (χ4v) is 1.38. The van der Waals surface area contributed by atoms with Crippen LogP contribution in [-0.4, -0.2) is 31.9 Å². The third-order valence-corrected chi connectivity index (χ3v) is 2.90. The van der Waals surface area contributed by atoms with E-state index in [0.29, 0.717) is 0 Å². The molecule has 0 saturated carbocycles. The number of nitrogens with zero attached hydrogens (tertiary/aromatic N) is 1. The topological polar surface area (TPSA) is 122 Å². The summed E-state index contributed by atoms with van der Waals surface area (Å²) in [5.74, 6) is -2.36. The van der Waals surface area contributed by atoms with Gasteiger partial charge in [0.2, 0.25) is 0 Å². The maximum absolute atomic E-state index is 12.1. The molecule has 9 nitrogen and oxygen atoms in total. The van der Waals surface area contributed by atoms with Crippen LogP contribution in [0.15, 0.2) is 18.2 Å². The van der Waals surface area contributed by atoms with E-state index in [0.717, 1.165) is 25.3 Å². The van der Waals surface area contributed by atoms with Gasteiger partial charge in [-0.1, -0.05) is 6.07 Å². The average Bonchev–Trinajstić information content (AvgIpc) is 2.42. The molecule has 0 heterocycles. The van der Waals surface area contributed by atoms with Gasteiger partial charge < -0.3 is 9.62 Å². The van der Waals surface area contributed by atoms with E-state index in [4.69, 9.17) is 0 Å². The molecule has 0 unspecified atom stereocenters. The molecule has 0 spiro atoms. The summed E-state index contributed by atoms with van der Waals surface area (Å²) in [7, 11) is -5.30. The monoisotopic (exact) mass is 345 g/mol. The van der Waals surface area contributed by atoms with Crippen molar-refractivity contribution in [1.29, 1.82) is 0 Å². The molecular formula is C9H6F3NO8S. The molecule has 122 valence electrons. The second-order valence-electron chi connectivity index (χ2n) is 3.45. The van der Waals surface area contributed by atoms with Crippen LogP contribution in [0.25, 0.3) is 0 Å². The first-order valence-corrected chi connectivity index (χ1v) is 6.45. The Hall–Kier alpha value is -2.41. The van der Waals surface area contributed by atoms with Gasteiger partial charge in [-0.15, -0.1) is 0 Å². The van der Waals surface area contributed by atoms with Gasteiger partial charge in [-0.25, -0.2) is 4.79 Å². The molecule has 0 amide bonds. The first kappa shape index (κ1) is 17.6. The standard InChI is InChI=1S/C9H6F3NO8S/c1-19-8(14)5-3-2-4-6(13(15)16)7(5)20-21-22(17,18)9(10,11)12/h2-4H,1H3. The molecule has 22 heavy (non-hydrogen) atoms. The Bertz CT molecular complexity index is 699. The third kappa shape index (κ3) is 3.62. The molecule has 0 aliphatic heterocycles. The van der Waals surface area contributed by atoms with Crippen molar-refractivity contribution in [1.82, 2.24) is 0 Å². The zero-order chi connectivity index (χ0) is 17.1. The van der Waals surface area contributed by atoms with Crippen molar-refractivity contribution in [3.8, 4) is 5.75 Å². The average molecular weight is 345 g/mol. The van der Waals surface area contributed by atoms with Gasteiger partial charge in [-0.05, 0) is 10.4 Å². The Morgan fingerprint density at radius 2 is 1.91 bits per heavy atom. The van der Waals surface area contributed by atoms with Gasteiger partial charge in [-0.3, -0.25) is 10.1 Å². The zero-order valence-corrected chi connectivity index (χ0v) is 11.3. The molecule has 0 radical (unpaired) electrons. The Balaban J connectivity index is 3.28. The summed E-state index contributed by atoms with van der Waals surface area (Å²) >= 11 is 0. The maximum Gasteiger partial charge on any atom is 0.526 e. The lowest BCUT2D eigenvalue weighted by atomic mass is 10.2.